The Labute approximate surface area is 126 Å². The first-order chi connectivity index (χ1) is 10.2. The molecular weight excluding hydrogens is 297 g/mol. The van der Waals surface area contributed by atoms with Gasteiger partial charge in [-0.3, -0.25) is 9.59 Å². The quantitative estimate of drug-likeness (QED) is 0.759. The summed E-state index contributed by atoms with van der Waals surface area (Å²) in [5.41, 5.74) is 4.94. The van der Waals surface area contributed by atoms with E-state index >= 15 is 0 Å². The van der Waals surface area contributed by atoms with E-state index in [2.05, 4.69) is 5.32 Å². The number of carbonyl (C=O) groups is 2. The molecular formula is C15H19F3N2O2. The molecule has 0 saturated carbocycles. The molecule has 0 spiro atoms. The van der Waals surface area contributed by atoms with Crippen molar-refractivity contribution in [2.45, 2.75) is 38.3 Å². The van der Waals surface area contributed by atoms with Gasteiger partial charge in [0.15, 0.2) is 0 Å². The fraction of sp³-hybridized carbons (Fsp3) is 0.467. The fourth-order valence-electron chi connectivity index (χ4n) is 1.96. The van der Waals surface area contributed by atoms with Crippen LogP contribution in [-0.2, 0) is 15.8 Å². The Morgan fingerprint density at radius 2 is 1.82 bits per heavy atom. The van der Waals surface area contributed by atoms with E-state index in [4.69, 9.17) is 5.73 Å². The van der Waals surface area contributed by atoms with Crippen LogP contribution >= 0.6 is 0 Å². The molecule has 4 nitrogen and oxygen atoms in total. The molecule has 0 aromatic heterocycles. The van der Waals surface area contributed by atoms with E-state index in [1.165, 1.54) is 12.1 Å². The number of nitrogens with two attached hydrogens (primary N) is 1. The highest BCUT2D eigenvalue weighted by Gasteiger charge is 2.30. The first kappa shape index (κ1) is 18.0. The summed E-state index contributed by atoms with van der Waals surface area (Å²) in [6.07, 6.45) is -3.52. The summed E-state index contributed by atoms with van der Waals surface area (Å²) < 4.78 is 37.4. The van der Waals surface area contributed by atoms with Gasteiger partial charge in [0.25, 0.3) is 0 Å². The molecule has 22 heavy (non-hydrogen) atoms. The minimum absolute atomic E-state index is 0.169. The third-order valence-electron chi connectivity index (χ3n) is 3.22. The predicted molar refractivity (Wildman–Crippen MR) is 75.9 cm³/mol. The highest BCUT2D eigenvalue weighted by Crippen LogP contribution is 2.30. The molecule has 0 aliphatic carbocycles. The smallest absolute Gasteiger partial charge is 0.370 e. The van der Waals surface area contributed by atoms with E-state index in [9.17, 15) is 22.8 Å². The highest BCUT2D eigenvalue weighted by molar-refractivity contribution is 5.77. The lowest BCUT2D eigenvalue weighted by molar-refractivity contribution is -0.137. The summed E-state index contributed by atoms with van der Waals surface area (Å²) in [6.45, 7) is 2.12. The van der Waals surface area contributed by atoms with Gasteiger partial charge in [0.05, 0.1) is 5.56 Å². The third-order valence-corrected chi connectivity index (χ3v) is 3.22. The van der Waals surface area contributed by atoms with Crippen LogP contribution in [-0.4, -0.2) is 18.4 Å². The Bertz CT molecular complexity index is 513. The number of hydrogen-bond acceptors (Lipinski definition) is 2. The molecule has 0 unspecified atom stereocenters. The van der Waals surface area contributed by atoms with E-state index in [0.717, 1.165) is 12.1 Å². The zero-order chi connectivity index (χ0) is 16.8. The van der Waals surface area contributed by atoms with Gasteiger partial charge >= 0.3 is 6.18 Å². The van der Waals surface area contributed by atoms with Crippen molar-refractivity contribution in [1.29, 1.82) is 0 Å². The summed E-state index contributed by atoms with van der Waals surface area (Å²) in [6, 6.07) is 4.79. The third kappa shape index (κ3) is 6.15. The Morgan fingerprint density at radius 3 is 2.32 bits per heavy atom. The van der Waals surface area contributed by atoms with Gasteiger partial charge in [0.2, 0.25) is 11.8 Å². The molecule has 0 heterocycles. The van der Waals surface area contributed by atoms with Crippen molar-refractivity contribution in [3.05, 3.63) is 35.4 Å². The SMILES string of the molecule is C[C@@H](CC(=O)NCCCC(N)=O)c1ccc(C(F)(F)F)cc1. The lowest BCUT2D eigenvalue weighted by Crippen LogP contribution is -2.26. The Balaban J connectivity index is 2.46. The van der Waals surface area contributed by atoms with Crippen molar-refractivity contribution >= 4 is 11.8 Å². The van der Waals surface area contributed by atoms with Crippen LogP contribution in [0.5, 0.6) is 0 Å². The van der Waals surface area contributed by atoms with E-state index in [0.29, 0.717) is 18.5 Å². The first-order valence-electron chi connectivity index (χ1n) is 6.92. The fourth-order valence-corrected chi connectivity index (χ4v) is 1.96. The van der Waals surface area contributed by atoms with Crippen molar-refractivity contribution in [2.75, 3.05) is 6.54 Å². The highest BCUT2D eigenvalue weighted by atomic mass is 19.4. The number of carbonyl (C=O) groups excluding carboxylic acids is 2. The lowest BCUT2D eigenvalue weighted by Gasteiger charge is -2.13. The first-order valence-corrected chi connectivity index (χ1v) is 6.92. The van der Waals surface area contributed by atoms with Crippen LogP contribution in [0.3, 0.4) is 0 Å². The van der Waals surface area contributed by atoms with Gasteiger partial charge in [-0.1, -0.05) is 19.1 Å². The van der Waals surface area contributed by atoms with Crippen molar-refractivity contribution in [3.8, 4) is 0 Å². The maximum Gasteiger partial charge on any atom is 0.416 e. The molecule has 122 valence electrons. The van der Waals surface area contributed by atoms with Crippen LogP contribution in [0.4, 0.5) is 13.2 Å². The predicted octanol–water partition coefficient (Wildman–Crippen LogP) is 2.58. The molecule has 1 atom stereocenters. The Hall–Kier alpha value is -2.05. The maximum atomic E-state index is 12.5. The zero-order valence-corrected chi connectivity index (χ0v) is 12.2. The van der Waals surface area contributed by atoms with Crippen molar-refractivity contribution in [3.63, 3.8) is 0 Å². The number of amides is 2. The number of alkyl halides is 3. The van der Waals surface area contributed by atoms with Gasteiger partial charge in [-0.2, -0.15) is 13.2 Å². The summed E-state index contributed by atoms with van der Waals surface area (Å²) in [4.78, 5) is 22.2. The molecule has 0 fully saturated rings. The normalized spacial score (nSPS) is 12.7. The van der Waals surface area contributed by atoms with Crippen LogP contribution in [0.25, 0.3) is 0 Å². The van der Waals surface area contributed by atoms with Crippen molar-refractivity contribution in [2.24, 2.45) is 5.73 Å². The summed E-state index contributed by atoms with van der Waals surface area (Å²) in [7, 11) is 0. The molecule has 1 aromatic carbocycles. The Kier molecular flexibility index (Phi) is 6.39. The molecule has 0 radical (unpaired) electrons. The number of benzene rings is 1. The largest absolute Gasteiger partial charge is 0.416 e. The van der Waals surface area contributed by atoms with Gasteiger partial charge in [-0.05, 0) is 30.0 Å². The molecule has 0 saturated heterocycles. The minimum atomic E-state index is -4.36. The maximum absolute atomic E-state index is 12.5. The van der Waals surface area contributed by atoms with Crippen LogP contribution in [0.15, 0.2) is 24.3 Å². The van der Waals surface area contributed by atoms with E-state index in [-0.39, 0.29) is 24.7 Å². The van der Waals surface area contributed by atoms with E-state index in [1.807, 2.05) is 0 Å². The second-order valence-corrected chi connectivity index (χ2v) is 5.14. The molecule has 1 rings (SSSR count). The molecule has 3 N–H and O–H groups in total. The van der Waals surface area contributed by atoms with Crippen LogP contribution < -0.4 is 11.1 Å². The van der Waals surface area contributed by atoms with Gasteiger partial charge in [0, 0.05) is 19.4 Å². The van der Waals surface area contributed by atoms with Gasteiger partial charge in [-0.15, -0.1) is 0 Å². The average molecular weight is 316 g/mol. The van der Waals surface area contributed by atoms with Crippen molar-refractivity contribution < 1.29 is 22.8 Å². The Morgan fingerprint density at radius 1 is 1.23 bits per heavy atom. The molecule has 2 amide bonds. The van der Waals surface area contributed by atoms with Crippen LogP contribution in [0.1, 0.15) is 43.2 Å². The van der Waals surface area contributed by atoms with Crippen LogP contribution in [0.2, 0.25) is 0 Å². The van der Waals surface area contributed by atoms with E-state index in [1.54, 1.807) is 6.92 Å². The summed E-state index contributed by atoms with van der Waals surface area (Å²) >= 11 is 0. The second-order valence-electron chi connectivity index (χ2n) is 5.14. The number of primary amides is 1. The number of halogens is 3. The van der Waals surface area contributed by atoms with Gasteiger partial charge < -0.3 is 11.1 Å². The standard InChI is InChI=1S/C15H19F3N2O2/c1-10(9-14(22)20-8-2-3-13(19)21)11-4-6-12(7-5-11)15(16,17)18/h4-7,10H,2-3,8-9H2,1H3,(H2,19,21)(H,20,22)/t10-/m0/s1. The van der Waals surface area contributed by atoms with E-state index < -0.39 is 17.6 Å². The van der Waals surface area contributed by atoms with Crippen LogP contribution in [0, 0.1) is 0 Å². The molecule has 1 aromatic rings. The lowest BCUT2D eigenvalue weighted by atomic mass is 9.96. The number of rotatable bonds is 7. The van der Waals surface area contributed by atoms with Gasteiger partial charge in [-0.25, -0.2) is 0 Å². The topological polar surface area (TPSA) is 72.2 Å². The summed E-state index contributed by atoms with van der Waals surface area (Å²) in [5.74, 6) is -0.831. The molecule has 0 aliphatic heterocycles. The minimum Gasteiger partial charge on any atom is -0.370 e. The van der Waals surface area contributed by atoms with Crippen molar-refractivity contribution in [1.82, 2.24) is 5.32 Å². The molecule has 0 bridgehead atoms. The molecule has 7 heteroatoms. The zero-order valence-electron chi connectivity index (χ0n) is 12.2. The number of nitrogens with one attached hydrogen (secondary N) is 1. The summed E-state index contributed by atoms with van der Waals surface area (Å²) in [5, 5.41) is 2.65. The molecule has 0 aliphatic rings. The second kappa shape index (κ2) is 7.82. The number of hydrogen-bond donors (Lipinski definition) is 2. The van der Waals surface area contributed by atoms with Gasteiger partial charge in [0.1, 0.15) is 0 Å². The average Bonchev–Trinajstić information content (AvgIpc) is 2.42. The monoisotopic (exact) mass is 316 g/mol.